The first-order chi connectivity index (χ1) is 11.6. The van der Waals surface area contributed by atoms with Crippen LogP contribution in [0, 0.1) is 10.5 Å². The first-order valence-electron chi connectivity index (χ1n) is 7.96. The van der Waals surface area contributed by atoms with Gasteiger partial charge >= 0.3 is 0 Å². The Labute approximate surface area is 145 Å². The van der Waals surface area contributed by atoms with E-state index in [0.29, 0.717) is 29.9 Å². The fourth-order valence-electron chi connectivity index (χ4n) is 2.78. The number of rotatable bonds is 4. The predicted molar refractivity (Wildman–Crippen MR) is 91.7 cm³/mol. The van der Waals surface area contributed by atoms with Crippen LogP contribution in [0.4, 0.5) is 4.39 Å². The summed E-state index contributed by atoms with van der Waals surface area (Å²) >= 11 is 5.17. The zero-order chi connectivity index (χ0) is 16.9. The molecule has 0 spiro atoms. The number of nitrogens with zero attached hydrogens (tertiary/aromatic N) is 1. The largest absolute Gasteiger partial charge is 0.373 e. The summed E-state index contributed by atoms with van der Waals surface area (Å²) in [6, 6.07) is 9.85. The highest BCUT2D eigenvalue weighted by Gasteiger charge is 2.24. The number of carbonyl (C=O) groups excluding carboxylic acids is 1. The molecule has 2 heterocycles. The number of aromatic amines is 1. The van der Waals surface area contributed by atoms with Crippen molar-refractivity contribution in [1.82, 2.24) is 9.88 Å². The van der Waals surface area contributed by atoms with Crippen molar-refractivity contribution in [3.05, 3.63) is 64.2 Å². The van der Waals surface area contributed by atoms with Crippen molar-refractivity contribution in [2.75, 3.05) is 13.1 Å². The average Bonchev–Trinajstić information content (AvgIpc) is 2.61. The first kappa shape index (κ1) is 16.8. The number of benzene rings is 1. The van der Waals surface area contributed by atoms with Gasteiger partial charge in [0.25, 0.3) is 5.91 Å². The maximum absolute atomic E-state index is 12.9. The van der Waals surface area contributed by atoms with Crippen molar-refractivity contribution in [3.8, 4) is 0 Å². The second kappa shape index (κ2) is 7.68. The lowest BCUT2D eigenvalue weighted by molar-refractivity contribution is -0.000413. The fourth-order valence-corrected chi connectivity index (χ4v) is 3.00. The topological polar surface area (TPSA) is 45.3 Å². The first-order valence-corrected chi connectivity index (χ1v) is 8.37. The molecule has 0 bridgehead atoms. The van der Waals surface area contributed by atoms with Gasteiger partial charge in [0.05, 0.1) is 18.3 Å². The Morgan fingerprint density at radius 1 is 1.25 bits per heavy atom. The minimum absolute atomic E-state index is 0.0335. The number of likely N-dealkylation sites (tertiary alicyclic amines) is 1. The number of H-pyrrole nitrogens is 1. The molecule has 126 valence electrons. The summed E-state index contributed by atoms with van der Waals surface area (Å²) in [5.74, 6) is -0.279. The van der Waals surface area contributed by atoms with E-state index in [1.807, 2.05) is 4.90 Å². The summed E-state index contributed by atoms with van der Waals surface area (Å²) in [5, 5.41) is 0. The van der Waals surface area contributed by atoms with E-state index in [0.717, 1.165) is 18.4 Å². The molecule has 0 atom stereocenters. The summed E-state index contributed by atoms with van der Waals surface area (Å²) < 4.78 is 19.2. The van der Waals surface area contributed by atoms with Gasteiger partial charge in [-0.25, -0.2) is 4.39 Å². The van der Waals surface area contributed by atoms with Gasteiger partial charge in [-0.2, -0.15) is 0 Å². The molecule has 1 fully saturated rings. The Hall–Kier alpha value is -2.05. The molecule has 1 aliphatic heterocycles. The van der Waals surface area contributed by atoms with Crippen LogP contribution < -0.4 is 0 Å². The van der Waals surface area contributed by atoms with E-state index in [9.17, 15) is 9.18 Å². The summed E-state index contributed by atoms with van der Waals surface area (Å²) in [6.07, 6.45) is 3.41. The van der Waals surface area contributed by atoms with Crippen LogP contribution in [-0.2, 0) is 11.3 Å². The molecule has 1 aromatic heterocycles. The number of halogens is 1. The van der Waals surface area contributed by atoms with Gasteiger partial charge in [-0.05, 0) is 42.7 Å². The van der Waals surface area contributed by atoms with Crippen molar-refractivity contribution in [2.45, 2.75) is 25.6 Å². The Kier molecular flexibility index (Phi) is 5.37. The lowest BCUT2D eigenvalue weighted by Crippen LogP contribution is -2.41. The monoisotopic (exact) mass is 346 g/mol. The number of ether oxygens (including phenoxy) is 1. The molecule has 0 unspecified atom stereocenters. The minimum atomic E-state index is -0.246. The van der Waals surface area contributed by atoms with Gasteiger partial charge in [0.15, 0.2) is 0 Å². The third-order valence-corrected chi connectivity index (χ3v) is 4.51. The number of piperidine rings is 1. The number of hydrogen-bond acceptors (Lipinski definition) is 3. The van der Waals surface area contributed by atoms with E-state index in [-0.39, 0.29) is 17.8 Å². The van der Waals surface area contributed by atoms with Crippen LogP contribution in [0.2, 0.25) is 0 Å². The standard InChI is InChI=1S/C18H19FN2O2S/c19-14-5-3-13(4-6-14)12-23-15-7-10-21(11-8-15)18(22)16-2-1-9-20-17(16)24/h1-6,9,15H,7-8,10-12H2,(H,20,24). The van der Waals surface area contributed by atoms with Gasteiger partial charge in [0.2, 0.25) is 0 Å². The Bertz CT molecular complexity index is 752. The second-order valence-electron chi connectivity index (χ2n) is 5.84. The highest BCUT2D eigenvalue weighted by atomic mass is 32.1. The van der Waals surface area contributed by atoms with E-state index in [1.165, 1.54) is 12.1 Å². The van der Waals surface area contributed by atoms with Crippen LogP contribution in [0.15, 0.2) is 42.6 Å². The molecule has 24 heavy (non-hydrogen) atoms. The number of pyridine rings is 1. The maximum Gasteiger partial charge on any atom is 0.256 e. The number of carbonyl (C=O) groups is 1. The molecule has 1 amide bonds. The zero-order valence-corrected chi connectivity index (χ0v) is 14.0. The fraction of sp³-hybridized carbons (Fsp3) is 0.333. The highest BCUT2D eigenvalue weighted by molar-refractivity contribution is 7.71. The lowest BCUT2D eigenvalue weighted by Gasteiger charge is -2.32. The van der Waals surface area contributed by atoms with Gasteiger partial charge in [-0.15, -0.1) is 0 Å². The third-order valence-electron chi connectivity index (χ3n) is 4.18. The van der Waals surface area contributed by atoms with E-state index < -0.39 is 0 Å². The van der Waals surface area contributed by atoms with E-state index in [4.69, 9.17) is 17.0 Å². The van der Waals surface area contributed by atoms with E-state index >= 15 is 0 Å². The molecule has 0 saturated carbocycles. The summed E-state index contributed by atoms with van der Waals surface area (Å²) in [7, 11) is 0. The van der Waals surface area contributed by atoms with Crippen molar-refractivity contribution >= 4 is 18.1 Å². The van der Waals surface area contributed by atoms with Gasteiger partial charge in [0.1, 0.15) is 10.5 Å². The third kappa shape index (κ3) is 4.07. The number of nitrogens with one attached hydrogen (secondary N) is 1. The number of amides is 1. The summed E-state index contributed by atoms with van der Waals surface area (Å²) in [6.45, 7) is 1.76. The van der Waals surface area contributed by atoms with Crippen molar-refractivity contribution in [3.63, 3.8) is 0 Å². The molecule has 1 aliphatic rings. The van der Waals surface area contributed by atoms with Crippen LogP contribution >= 0.6 is 12.2 Å². The molecule has 0 radical (unpaired) electrons. The number of hydrogen-bond donors (Lipinski definition) is 1. The second-order valence-corrected chi connectivity index (χ2v) is 6.25. The molecule has 6 heteroatoms. The molecule has 2 aromatic rings. The maximum atomic E-state index is 12.9. The van der Waals surface area contributed by atoms with E-state index in [1.54, 1.807) is 30.5 Å². The van der Waals surface area contributed by atoms with Crippen molar-refractivity contribution < 1.29 is 13.9 Å². The predicted octanol–water partition coefficient (Wildman–Crippen LogP) is 3.70. The summed E-state index contributed by atoms with van der Waals surface area (Å²) in [5.41, 5.74) is 1.49. The molecule has 1 saturated heterocycles. The van der Waals surface area contributed by atoms with E-state index in [2.05, 4.69) is 4.98 Å². The average molecular weight is 346 g/mol. The zero-order valence-electron chi connectivity index (χ0n) is 13.2. The molecule has 4 nitrogen and oxygen atoms in total. The van der Waals surface area contributed by atoms with Gasteiger partial charge in [-0.3, -0.25) is 4.79 Å². The quantitative estimate of drug-likeness (QED) is 0.859. The van der Waals surface area contributed by atoms with Crippen LogP contribution in [0.3, 0.4) is 0 Å². The van der Waals surface area contributed by atoms with Gasteiger partial charge in [0, 0.05) is 19.3 Å². The SMILES string of the molecule is O=C(c1ccc[nH]c1=S)N1CCC(OCc2ccc(F)cc2)CC1. The number of aromatic nitrogens is 1. The van der Waals surface area contributed by atoms with Gasteiger partial charge in [-0.1, -0.05) is 24.4 Å². The Morgan fingerprint density at radius 2 is 1.96 bits per heavy atom. The molecular formula is C18H19FN2O2S. The van der Waals surface area contributed by atoms with Crippen molar-refractivity contribution in [2.24, 2.45) is 0 Å². The Morgan fingerprint density at radius 3 is 2.62 bits per heavy atom. The molecule has 0 aliphatic carbocycles. The Balaban J connectivity index is 1.50. The molecule has 1 aromatic carbocycles. The van der Waals surface area contributed by atoms with Crippen LogP contribution in [0.25, 0.3) is 0 Å². The van der Waals surface area contributed by atoms with Crippen LogP contribution in [0.5, 0.6) is 0 Å². The van der Waals surface area contributed by atoms with Gasteiger partial charge < -0.3 is 14.6 Å². The smallest absolute Gasteiger partial charge is 0.256 e. The molecular weight excluding hydrogens is 327 g/mol. The highest BCUT2D eigenvalue weighted by Crippen LogP contribution is 2.18. The van der Waals surface area contributed by atoms with Crippen molar-refractivity contribution in [1.29, 1.82) is 0 Å². The minimum Gasteiger partial charge on any atom is -0.373 e. The van der Waals surface area contributed by atoms with Crippen LogP contribution in [-0.4, -0.2) is 35.0 Å². The normalized spacial score (nSPS) is 15.5. The lowest BCUT2D eigenvalue weighted by atomic mass is 10.1. The van der Waals surface area contributed by atoms with Crippen LogP contribution in [0.1, 0.15) is 28.8 Å². The summed E-state index contributed by atoms with van der Waals surface area (Å²) in [4.78, 5) is 17.2. The molecule has 3 rings (SSSR count). The molecule has 1 N–H and O–H groups in total.